The molecule has 0 aliphatic heterocycles. The van der Waals surface area contributed by atoms with Gasteiger partial charge in [0.2, 0.25) is 0 Å². The van der Waals surface area contributed by atoms with Gasteiger partial charge in [-0.25, -0.2) is 13.2 Å². The Bertz CT molecular complexity index is 726. The number of carboxylic acids is 1. The van der Waals surface area contributed by atoms with Gasteiger partial charge in [0.1, 0.15) is 0 Å². The van der Waals surface area contributed by atoms with Gasteiger partial charge in [0.25, 0.3) is 0 Å². The zero-order valence-electron chi connectivity index (χ0n) is 10.2. The summed E-state index contributed by atoms with van der Waals surface area (Å²) >= 11 is 5.85. The monoisotopic (exact) mass is 314 g/mol. The molecule has 0 saturated heterocycles. The zero-order chi connectivity index (χ0) is 14.8. The van der Waals surface area contributed by atoms with E-state index in [2.05, 4.69) is 5.10 Å². The fourth-order valence-corrected chi connectivity index (χ4v) is 3.42. The predicted molar refractivity (Wildman–Crippen MR) is 72.7 cm³/mol. The van der Waals surface area contributed by atoms with Gasteiger partial charge < -0.3 is 5.11 Å². The molecule has 8 heteroatoms. The number of rotatable bonds is 5. The maximum absolute atomic E-state index is 12.2. The lowest BCUT2D eigenvalue weighted by atomic mass is 10.2. The van der Waals surface area contributed by atoms with E-state index in [1.165, 1.54) is 16.8 Å². The molecule has 1 heterocycles. The Morgan fingerprint density at radius 2 is 2.15 bits per heavy atom. The number of aromatic carboxylic acids is 1. The minimum absolute atomic E-state index is 0.00969. The first-order valence-corrected chi connectivity index (χ1v) is 7.66. The molecule has 6 nitrogen and oxygen atoms in total. The second-order valence-electron chi connectivity index (χ2n) is 4.04. The van der Waals surface area contributed by atoms with Crippen molar-refractivity contribution in [2.75, 3.05) is 5.75 Å². The average Bonchev–Trinajstić information content (AvgIpc) is 2.89. The number of halogens is 1. The highest BCUT2D eigenvalue weighted by Crippen LogP contribution is 2.24. The molecule has 2 aromatic rings. The molecule has 0 fully saturated rings. The van der Waals surface area contributed by atoms with E-state index in [9.17, 15) is 13.2 Å². The van der Waals surface area contributed by atoms with Crippen LogP contribution in [0.4, 0.5) is 0 Å². The average molecular weight is 315 g/mol. The Kier molecular flexibility index (Phi) is 4.10. The van der Waals surface area contributed by atoms with Gasteiger partial charge >= 0.3 is 5.97 Å². The zero-order valence-corrected chi connectivity index (χ0v) is 11.8. The van der Waals surface area contributed by atoms with Crippen LogP contribution in [0.5, 0.6) is 0 Å². The normalized spacial score (nSPS) is 11.4. The number of aromatic nitrogens is 2. The predicted octanol–water partition coefficient (Wildman–Crippen LogP) is 1.71. The molecule has 0 amide bonds. The topological polar surface area (TPSA) is 89.3 Å². The largest absolute Gasteiger partial charge is 0.478 e. The summed E-state index contributed by atoms with van der Waals surface area (Å²) in [7, 11) is -3.68. The van der Waals surface area contributed by atoms with Crippen LogP contribution in [-0.2, 0) is 16.4 Å². The van der Waals surface area contributed by atoms with Crippen LogP contribution < -0.4 is 0 Å². The molecule has 1 aromatic carbocycles. The third-order valence-electron chi connectivity index (χ3n) is 2.66. The fourth-order valence-electron chi connectivity index (χ4n) is 1.63. The van der Waals surface area contributed by atoms with E-state index in [0.29, 0.717) is 0 Å². The minimum Gasteiger partial charge on any atom is -0.478 e. The first-order chi connectivity index (χ1) is 9.40. The molecule has 1 aromatic heterocycles. The van der Waals surface area contributed by atoms with Gasteiger partial charge in [0, 0.05) is 12.4 Å². The van der Waals surface area contributed by atoms with Crippen molar-refractivity contribution in [3.63, 3.8) is 0 Å². The number of nitrogens with zero attached hydrogens (tertiary/aromatic N) is 2. The van der Waals surface area contributed by atoms with Crippen molar-refractivity contribution in [1.29, 1.82) is 0 Å². The molecule has 1 N–H and O–H groups in total. The lowest BCUT2D eigenvalue weighted by molar-refractivity contribution is 0.0696. The second-order valence-corrected chi connectivity index (χ2v) is 6.52. The maximum Gasteiger partial charge on any atom is 0.335 e. The van der Waals surface area contributed by atoms with E-state index >= 15 is 0 Å². The first kappa shape index (κ1) is 14.5. The van der Waals surface area contributed by atoms with Crippen molar-refractivity contribution in [3.05, 3.63) is 47.2 Å². The Balaban J connectivity index is 2.28. The Hall–Kier alpha value is -1.86. The van der Waals surface area contributed by atoms with Gasteiger partial charge in [0.15, 0.2) is 9.84 Å². The molecule has 0 bridgehead atoms. The van der Waals surface area contributed by atoms with E-state index in [-0.39, 0.29) is 27.8 Å². The number of carboxylic acid groups (broad SMARTS) is 1. The lowest BCUT2D eigenvalue weighted by Gasteiger charge is -2.07. The van der Waals surface area contributed by atoms with Crippen LogP contribution in [0.1, 0.15) is 10.4 Å². The highest BCUT2D eigenvalue weighted by molar-refractivity contribution is 7.91. The summed E-state index contributed by atoms with van der Waals surface area (Å²) in [5.41, 5.74) is -0.118. The standard InChI is InChI=1S/C12H11ClN2O4S/c13-10-3-2-9(12(16)17)8-11(10)20(18,19)7-6-15-5-1-4-14-15/h1-5,8H,6-7H2,(H,16,17). The summed E-state index contributed by atoms with van der Waals surface area (Å²) in [5.74, 6) is -1.41. The van der Waals surface area contributed by atoms with E-state index < -0.39 is 15.8 Å². The van der Waals surface area contributed by atoms with Crippen molar-refractivity contribution >= 4 is 27.4 Å². The third kappa shape index (κ3) is 3.17. The Labute approximate surface area is 120 Å². The molecule has 2 rings (SSSR count). The lowest BCUT2D eigenvalue weighted by Crippen LogP contribution is -2.14. The maximum atomic E-state index is 12.2. The van der Waals surface area contributed by atoms with Gasteiger partial charge in [-0.1, -0.05) is 11.6 Å². The number of aryl methyl sites for hydroxylation is 1. The van der Waals surface area contributed by atoms with Gasteiger partial charge in [-0.2, -0.15) is 5.10 Å². The fraction of sp³-hybridized carbons (Fsp3) is 0.167. The SMILES string of the molecule is O=C(O)c1ccc(Cl)c(S(=O)(=O)CCn2cccn2)c1. The van der Waals surface area contributed by atoms with Crippen LogP contribution in [-0.4, -0.2) is 35.0 Å². The molecule has 0 unspecified atom stereocenters. The van der Waals surface area contributed by atoms with Gasteiger partial charge in [-0.05, 0) is 24.3 Å². The van der Waals surface area contributed by atoms with Gasteiger partial charge in [-0.15, -0.1) is 0 Å². The van der Waals surface area contributed by atoms with E-state index in [1.54, 1.807) is 18.5 Å². The summed E-state index contributed by atoms with van der Waals surface area (Å²) in [6.45, 7) is 0.170. The molecule has 20 heavy (non-hydrogen) atoms. The molecular formula is C12H11ClN2O4S. The Morgan fingerprint density at radius 3 is 2.75 bits per heavy atom. The van der Waals surface area contributed by atoms with E-state index in [4.69, 9.17) is 16.7 Å². The minimum atomic E-state index is -3.68. The summed E-state index contributed by atoms with van der Waals surface area (Å²) < 4.78 is 25.9. The second kappa shape index (κ2) is 5.64. The first-order valence-electron chi connectivity index (χ1n) is 5.63. The van der Waals surface area contributed by atoms with Crippen molar-refractivity contribution < 1.29 is 18.3 Å². The summed E-state index contributed by atoms with van der Waals surface area (Å²) in [4.78, 5) is 10.7. The van der Waals surface area contributed by atoms with Crippen molar-refractivity contribution in [2.24, 2.45) is 0 Å². The molecule has 0 atom stereocenters. The number of sulfone groups is 1. The number of benzene rings is 1. The van der Waals surface area contributed by atoms with E-state index in [0.717, 1.165) is 6.07 Å². The molecule has 0 radical (unpaired) electrons. The van der Waals surface area contributed by atoms with Crippen LogP contribution in [0, 0.1) is 0 Å². The number of hydrogen-bond acceptors (Lipinski definition) is 4. The number of carbonyl (C=O) groups is 1. The van der Waals surface area contributed by atoms with Crippen LogP contribution >= 0.6 is 11.6 Å². The summed E-state index contributed by atoms with van der Waals surface area (Å²) in [5, 5.41) is 12.8. The van der Waals surface area contributed by atoms with Crippen LogP contribution in [0.2, 0.25) is 5.02 Å². The van der Waals surface area contributed by atoms with Crippen LogP contribution in [0.3, 0.4) is 0 Å². The highest BCUT2D eigenvalue weighted by atomic mass is 35.5. The smallest absolute Gasteiger partial charge is 0.335 e. The summed E-state index contributed by atoms with van der Waals surface area (Å²) in [6, 6.07) is 5.29. The van der Waals surface area contributed by atoms with Crippen molar-refractivity contribution in [2.45, 2.75) is 11.4 Å². The van der Waals surface area contributed by atoms with E-state index in [1.807, 2.05) is 0 Å². The molecule has 106 valence electrons. The number of hydrogen-bond donors (Lipinski definition) is 1. The Morgan fingerprint density at radius 1 is 1.40 bits per heavy atom. The summed E-state index contributed by atoms with van der Waals surface area (Å²) in [6.07, 6.45) is 3.19. The molecule has 0 aliphatic rings. The van der Waals surface area contributed by atoms with Crippen LogP contribution in [0.25, 0.3) is 0 Å². The van der Waals surface area contributed by atoms with Gasteiger partial charge in [0.05, 0.1) is 27.8 Å². The molecular weight excluding hydrogens is 304 g/mol. The molecule has 0 spiro atoms. The van der Waals surface area contributed by atoms with Crippen molar-refractivity contribution in [1.82, 2.24) is 9.78 Å². The van der Waals surface area contributed by atoms with Crippen LogP contribution in [0.15, 0.2) is 41.6 Å². The molecule has 0 aliphatic carbocycles. The third-order valence-corrected chi connectivity index (χ3v) is 4.83. The van der Waals surface area contributed by atoms with Gasteiger partial charge in [-0.3, -0.25) is 4.68 Å². The quantitative estimate of drug-likeness (QED) is 0.907. The highest BCUT2D eigenvalue weighted by Gasteiger charge is 2.20. The van der Waals surface area contributed by atoms with Crippen molar-refractivity contribution in [3.8, 4) is 0 Å². The molecule has 0 saturated carbocycles.